The molecule has 6 heteroatoms. The van der Waals surface area contributed by atoms with Crippen molar-refractivity contribution in [1.29, 1.82) is 0 Å². The molecule has 0 aliphatic heterocycles. The Morgan fingerprint density at radius 3 is 2.67 bits per heavy atom. The number of methoxy groups -OCH3 is 2. The Labute approximate surface area is 92.4 Å². The number of carbonyl (C=O) groups excluding carboxylic acids is 1. The highest BCUT2D eigenvalue weighted by atomic mass is 35.5. The summed E-state index contributed by atoms with van der Waals surface area (Å²) in [4.78, 5) is 15.3. The van der Waals surface area contributed by atoms with Crippen LogP contribution >= 0.6 is 11.6 Å². The highest BCUT2D eigenvalue weighted by molar-refractivity contribution is 6.33. The van der Waals surface area contributed by atoms with E-state index < -0.39 is 5.97 Å². The van der Waals surface area contributed by atoms with E-state index >= 15 is 0 Å². The van der Waals surface area contributed by atoms with Gasteiger partial charge in [0.15, 0.2) is 0 Å². The van der Waals surface area contributed by atoms with Crippen LogP contribution in [0.2, 0.25) is 5.02 Å². The number of esters is 1. The van der Waals surface area contributed by atoms with Crippen molar-refractivity contribution in [1.82, 2.24) is 4.98 Å². The molecule has 1 heterocycles. The van der Waals surface area contributed by atoms with Crippen LogP contribution in [0.15, 0.2) is 6.07 Å². The van der Waals surface area contributed by atoms with Gasteiger partial charge in [-0.3, -0.25) is 0 Å². The predicted octanol–water partition coefficient (Wildman–Crippen LogP) is 1.57. The van der Waals surface area contributed by atoms with Crippen LogP contribution in [0, 0.1) is 0 Å². The highest BCUT2D eigenvalue weighted by Gasteiger charge is 2.17. The summed E-state index contributed by atoms with van der Waals surface area (Å²) in [7, 11) is 4.37. The van der Waals surface area contributed by atoms with E-state index in [2.05, 4.69) is 15.0 Å². The second kappa shape index (κ2) is 4.84. The molecule has 0 aliphatic rings. The van der Waals surface area contributed by atoms with E-state index in [1.165, 1.54) is 20.3 Å². The number of aromatic nitrogens is 1. The Bertz CT molecular complexity index is 382. The van der Waals surface area contributed by atoms with Gasteiger partial charge in [-0.15, -0.1) is 0 Å². The molecule has 5 nitrogen and oxygen atoms in total. The summed E-state index contributed by atoms with van der Waals surface area (Å²) in [5, 5.41) is 3.11. The van der Waals surface area contributed by atoms with Gasteiger partial charge in [0.2, 0.25) is 5.88 Å². The van der Waals surface area contributed by atoms with Crippen molar-refractivity contribution in [2.75, 3.05) is 26.6 Å². The average Bonchev–Trinajstić information content (AvgIpc) is 2.27. The SMILES string of the molecule is CNc1nc(OC)c(C(=O)OC)cc1Cl. The van der Waals surface area contributed by atoms with Gasteiger partial charge < -0.3 is 14.8 Å². The molecular weight excluding hydrogens is 220 g/mol. The van der Waals surface area contributed by atoms with Crippen LogP contribution in [0.3, 0.4) is 0 Å². The van der Waals surface area contributed by atoms with E-state index in [0.29, 0.717) is 10.8 Å². The Morgan fingerprint density at radius 2 is 2.20 bits per heavy atom. The first-order chi connectivity index (χ1) is 7.13. The lowest BCUT2D eigenvalue weighted by Gasteiger charge is -2.09. The van der Waals surface area contributed by atoms with Crippen LogP contribution in [0.5, 0.6) is 5.88 Å². The summed E-state index contributed by atoms with van der Waals surface area (Å²) < 4.78 is 9.52. The molecule has 0 amide bonds. The topological polar surface area (TPSA) is 60.5 Å². The number of rotatable bonds is 3. The Morgan fingerprint density at radius 1 is 1.53 bits per heavy atom. The number of hydrogen-bond donors (Lipinski definition) is 1. The van der Waals surface area contributed by atoms with E-state index in [9.17, 15) is 4.79 Å². The fourth-order valence-electron chi connectivity index (χ4n) is 1.06. The van der Waals surface area contributed by atoms with Crippen molar-refractivity contribution < 1.29 is 14.3 Å². The second-order valence-corrected chi connectivity index (χ2v) is 3.02. The standard InChI is InChI=1S/C9H11ClN2O3/c1-11-7-6(10)4-5(9(13)15-3)8(12-7)14-2/h4H,1-3H3,(H,11,12). The van der Waals surface area contributed by atoms with Crippen molar-refractivity contribution in [2.45, 2.75) is 0 Å². The van der Waals surface area contributed by atoms with Crippen LogP contribution in [-0.2, 0) is 4.74 Å². The molecule has 0 spiro atoms. The van der Waals surface area contributed by atoms with Gasteiger partial charge in [0.1, 0.15) is 11.4 Å². The van der Waals surface area contributed by atoms with Crippen LogP contribution in [0.25, 0.3) is 0 Å². The minimum absolute atomic E-state index is 0.176. The van der Waals surface area contributed by atoms with Crippen LogP contribution in [-0.4, -0.2) is 32.2 Å². The van der Waals surface area contributed by atoms with E-state index in [1.807, 2.05) is 0 Å². The van der Waals surface area contributed by atoms with Crippen LogP contribution in [0.4, 0.5) is 5.82 Å². The molecule has 1 aromatic rings. The van der Waals surface area contributed by atoms with Gasteiger partial charge in [0.25, 0.3) is 0 Å². The number of carbonyl (C=O) groups is 1. The maximum absolute atomic E-state index is 11.3. The molecule has 0 fully saturated rings. The van der Waals surface area contributed by atoms with Gasteiger partial charge in [-0.2, -0.15) is 4.98 Å². The van der Waals surface area contributed by atoms with E-state index in [-0.39, 0.29) is 11.4 Å². The van der Waals surface area contributed by atoms with Crippen molar-refractivity contribution >= 4 is 23.4 Å². The lowest BCUT2D eigenvalue weighted by molar-refractivity contribution is 0.0596. The third-order valence-electron chi connectivity index (χ3n) is 1.78. The molecule has 15 heavy (non-hydrogen) atoms. The van der Waals surface area contributed by atoms with Crippen molar-refractivity contribution in [3.63, 3.8) is 0 Å². The zero-order valence-corrected chi connectivity index (χ0v) is 9.38. The smallest absolute Gasteiger partial charge is 0.343 e. The van der Waals surface area contributed by atoms with Gasteiger partial charge in [0, 0.05) is 7.05 Å². The van der Waals surface area contributed by atoms with Crippen LogP contribution < -0.4 is 10.1 Å². The largest absolute Gasteiger partial charge is 0.480 e. The zero-order valence-electron chi connectivity index (χ0n) is 8.63. The van der Waals surface area contributed by atoms with Gasteiger partial charge in [-0.1, -0.05) is 11.6 Å². The highest BCUT2D eigenvalue weighted by Crippen LogP contribution is 2.27. The van der Waals surface area contributed by atoms with Crippen molar-refractivity contribution in [2.24, 2.45) is 0 Å². The summed E-state index contributed by atoms with van der Waals surface area (Å²) in [6, 6.07) is 1.45. The molecule has 1 aromatic heterocycles. The lowest BCUT2D eigenvalue weighted by Crippen LogP contribution is -2.07. The van der Waals surface area contributed by atoms with E-state index in [4.69, 9.17) is 16.3 Å². The molecule has 1 N–H and O–H groups in total. The van der Waals surface area contributed by atoms with Gasteiger partial charge in [-0.05, 0) is 6.07 Å². The molecule has 0 atom stereocenters. The molecular formula is C9H11ClN2O3. The Kier molecular flexibility index (Phi) is 3.74. The quantitative estimate of drug-likeness (QED) is 0.799. The fourth-order valence-corrected chi connectivity index (χ4v) is 1.30. The first-order valence-corrected chi connectivity index (χ1v) is 4.52. The summed E-state index contributed by atoms with van der Waals surface area (Å²) in [6.45, 7) is 0. The predicted molar refractivity (Wildman–Crippen MR) is 56.7 cm³/mol. The number of ether oxygens (including phenoxy) is 2. The molecule has 1 rings (SSSR count). The van der Waals surface area contributed by atoms with Crippen LogP contribution in [0.1, 0.15) is 10.4 Å². The Balaban J connectivity index is 3.27. The summed E-state index contributed by atoms with van der Waals surface area (Å²) in [5.74, 6) is 0.0840. The van der Waals surface area contributed by atoms with Gasteiger partial charge in [0.05, 0.1) is 19.2 Å². The Hall–Kier alpha value is -1.49. The van der Waals surface area contributed by atoms with Gasteiger partial charge >= 0.3 is 5.97 Å². The van der Waals surface area contributed by atoms with Crippen molar-refractivity contribution in [3.05, 3.63) is 16.7 Å². The monoisotopic (exact) mass is 230 g/mol. The van der Waals surface area contributed by atoms with Crippen molar-refractivity contribution in [3.8, 4) is 5.88 Å². The molecule has 0 saturated carbocycles. The number of pyridine rings is 1. The first-order valence-electron chi connectivity index (χ1n) is 4.14. The number of anilines is 1. The maximum Gasteiger partial charge on any atom is 0.343 e. The average molecular weight is 231 g/mol. The third-order valence-corrected chi connectivity index (χ3v) is 2.06. The third kappa shape index (κ3) is 2.30. The number of nitrogens with zero attached hydrogens (tertiary/aromatic N) is 1. The lowest BCUT2D eigenvalue weighted by atomic mass is 10.2. The first kappa shape index (κ1) is 11.6. The molecule has 0 bridgehead atoms. The summed E-state index contributed by atoms with van der Waals surface area (Å²) in [5.41, 5.74) is 0.198. The number of hydrogen-bond acceptors (Lipinski definition) is 5. The molecule has 0 radical (unpaired) electrons. The number of halogens is 1. The summed E-state index contributed by atoms with van der Waals surface area (Å²) in [6.07, 6.45) is 0. The maximum atomic E-state index is 11.3. The molecule has 0 aromatic carbocycles. The molecule has 0 saturated heterocycles. The molecule has 0 aliphatic carbocycles. The zero-order chi connectivity index (χ0) is 11.4. The fraction of sp³-hybridized carbons (Fsp3) is 0.333. The van der Waals surface area contributed by atoms with Gasteiger partial charge in [-0.25, -0.2) is 4.79 Å². The minimum Gasteiger partial charge on any atom is -0.480 e. The normalized spacial score (nSPS) is 9.60. The van der Waals surface area contributed by atoms with E-state index in [1.54, 1.807) is 7.05 Å². The summed E-state index contributed by atoms with van der Waals surface area (Å²) >= 11 is 5.87. The minimum atomic E-state index is -0.538. The molecule has 0 unspecified atom stereocenters. The van der Waals surface area contributed by atoms with E-state index in [0.717, 1.165) is 0 Å². The number of nitrogens with one attached hydrogen (secondary N) is 1. The molecule has 82 valence electrons. The second-order valence-electron chi connectivity index (χ2n) is 2.62.